The van der Waals surface area contributed by atoms with Crippen LogP contribution >= 0.6 is 0 Å². The third-order valence-electron chi connectivity index (χ3n) is 12.7. The quantitative estimate of drug-likeness (QED) is 0.0180. The molecule has 0 amide bonds. The van der Waals surface area contributed by atoms with Crippen LogP contribution in [0.1, 0.15) is 206 Å². The van der Waals surface area contributed by atoms with E-state index in [4.69, 9.17) is 28.4 Å². The van der Waals surface area contributed by atoms with Crippen LogP contribution in [0.4, 0.5) is 0 Å². The number of ether oxygens (including phenoxy) is 6. The van der Waals surface area contributed by atoms with Crippen molar-refractivity contribution >= 4 is 11.9 Å². The van der Waals surface area contributed by atoms with Crippen molar-refractivity contribution in [2.24, 2.45) is 0 Å². The Balaban J connectivity index is 1.77. The van der Waals surface area contributed by atoms with Crippen LogP contribution in [-0.4, -0.2) is 142 Å². The second-order valence-electron chi connectivity index (χ2n) is 18.7. The molecule has 2 heterocycles. The molecule has 2 aliphatic heterocycles. The first kappa shape index (κ1) is 60.4. The van der Waals surface area contributed by atoms with Crippen molar-refractivity contribution in [3.05, 3.63) is 12.2 Å². The van der Waals surface area contributed by atoms with E-state index >= 15 is 0 Å². The minimum atomic E-state index is -1.76. The average molecular weight is 947 g/mol. The molecule has 0 aromatic carbocycles. The lowest BCUT2D eigenvalue weighted by Gasteiger charge is -2.42. The molecule has 388 valence electrons. The highest BCUT2D eigenvalue weighted by molar-refractivity contribution is 5.70. The lowest BCUT2D eigenvalue weighted by molar-refractivity contribution is -0.332. The Labute approximate surface area is 397 Å². The van der Waals surface area contributed by atoms with Gasteiger partial charge in [0.1, 0.15) is 55.4 Å². The van der Waals surface area contributed by atoms with Gasteiger partial charge >= 0.3 is 11.9 Å². The Bertz CT molecular complexity index is 1210. The maximum atomic E-state index is 13.0. The van der Waals surface area contributed by atoms with E-state index in [1.807, 2.05) is 0 Å². The van der Waals surface area contributed by atoms with Gasteiger partial charge < -0.3 is 64.2 Å². The number of aliphatic hydroxyl groups excluding tert-OH is 7. The lowest BCUT2D eigenvalue weighted by Crippen LogP contribution is -2.61. The molecule has 11 atom stereocenters. The van der Waals surface area contributed by atoms with Crippen LogP contribution in [0.5, 0.6) is 0 Å². The largest absolute Gasteiger partial charge is 0.462 e. The summed E-state index contributed by atoms with van der Waals surface area (Å²) in [5, 5.41) is 72.0. The van der Waals surface area contributed by atoms with Crippen molar-refractivity contribution in [2.75, 3.05) is 26.4 Å². The van der Waals surface area contributed by atoms with E-state index in [9.17, 15) is 45.3 Å². The summed E-state index contributed by atoms with van der Waals surface area (Å²) < 4.78 is 33.6. The monoisotopic (exact) mass is 947 g/mol. The van der Waals surface area contributed by atoms with Crippen LogP contribution in [0.3, 0.4) is 0 Å². The fraction of sp³-hybridized carbons (Fsp3) is 0.922. The Morgan fingerprint density at radius 3 is 1.33 bits per heavy atom. The topological polar surface area (TPSA) is 231 Å². The molecule has 0 bridgehead atoms. The predicted molar refractivity (Wildman–Crippen MR) is 252 cm³/mol. The second-order valence-corrected chi connectivity index (χ2v) is 18.7. The summed E-state index contributed by atoms with van der Waals surface area (Å²) in [6.45, 7) is 2.59. The molecule has 0 aliphatic carbocycles. The van der Waals surface area contributed by atoms with Crippen molar-refractivity contribution in [2.45, 2.75) is 274 Å². The highest BCUT2D eigenvalue weighted by atomic mass is 16.7. The minimum absolute atomic E-state index is 0.170. The summed E-state index contributed by atoms with van der Waals surface area (Å²) in [5.41, 5.74) is 0. The molecule has 0 saturated carbocycles. The minimum Gasteiger partial charge on any atom is -0.462 e. The Morgan fingerprint density at radius 2 is 0.864 bits per heavy atom. The summed E-state index contributed by atoms with van der Waals surface area (Å²) in [6, 6.07) is 0. The third kappa shape index (κ3) is 26.8. The van der Waals surface area contributed by atoms with Gasteiger partial charge in [-0.05, 0) is 38.5 Å². The molecule has 2 fully saturated rings. The smallest absolute Gasteiger partial charge is 0.306 e. The zero-order valence-electron chi connectivity index (χ0n) is 40.9. The number of aliphatic hydroxyl groups is 7. The number of allylic oxidation sites excluding steroid dienone is 2. The number of unbranched alkanes of at least 4 members (excludes halogenated alkanes) is 25. The maximum Gasteiger partial charge on any atom is 0.306 e. The molecule has 0 spiro atoms. The Hall–Kier alpha value is -1.76. The van der Waals surface area contributed by atoms with Crippen LogP contribution in [-0.2, 0) is 38.0 Å². The molecule has 2 aliphatic rings. The summed E-state index contributed by atoms with van der Waals surface area (Å²) in [5.74, 6) is -0.919. The number of rotatable bonds is 41. The number of hydrogen-bond acceptors (Lipinski definition) is 15. The zero-order valence-corrected chi connectivity index (χ0v) is 40.9. The van der Waals surface area contributed by atoms with E-state index in [-0.39, 0.29) is 26.1 Å². The third-order valence-corrected chi connectivity index (χ3v) is 12.7. The number of carbonyl (C=O) groups excluding carboxylic acids is 2. The van der Waals surface area contributed by atoms with Gasteiger partial charge in [-0.25, -0.2) is 0 Å². The molecule has 2 rings (SSSR count). The Kier molecular flexibility index (Phi) is 35.7. The maximum absolute atomic E-state index is 13.0. The summed E-state index contributed by atoms with van der Waals surface area (Å²) in [7, 11) is 0. The van der Waals surface area contributed by atoms with Gasteiger partial charge in [0.2, 0.25) is 0 Å². The molecule has 0 aromatic heterocycles. The van der Waals surface area contributed by atoms with Crippen LogP contribution in [0.15, 0.2) is 12.2 Å². The number of hydrogen-bond donors (Lipinski definition) is 7. The second kappa shape index (κ2) is 39.0. The predicted octanol–water partition coefficient (Wildman–Crippen LogP) is 7.38. The van der Waals surface area contributed by atoms with Crippen molar-refractivity contribution in [1.82, 2.24) is 0 Å². The van der Waals surface area contributed by atoms with E-state index in [0.29, 0.717) is 12.8 Å². The standard InChI is InChI=1S/C51H94O15/c1-3-5-7-9-11-13-15-16-17-18-19-20-21-22-24-25-27-29-31-33-42(53)61-36-39(64-43(54)34-32-30-28-26-23-14-12-10-8-6-4-2)37-62-50-49(60)47(58)45(56)41(66-50)38-63-51-48(59)46(57)44(55)40(35-52)65-51/h16-17,39-41,44-52,55-60H,3-15,18-38H2,1-2H3/b17-16+/t39-,40+,41+,44-,45-,46?,47?,48?,49?,50+,51+/m0/s1. The first-order valence-electron chi connectivity index (χ1n) is 26.3. The first-order valence-corrected chi connectivity index (χ1v) is 26.3. The van der Waals surface area contributed by atoms with Gasteiger partial charge in [0.05, 0.1) is 19.8 Å². The van der Waals surface area contributed by atoms with E-state index < -0.39 is 92.7 Å². The van der Waals surface area contributed by atoms with E-state index in [2.05, 4.69) is 26.0 Å². The van der Waals surface area contributed by atoms with E-state index in [0.717, 1.165) is 38.5 Å². The zero-order chi connectivity index (χ0) is 48.2. The van der Waals surface area contributed by atoms with Gasteiger partial charge in [-0.15, -0.1) is 0 Å². The van der Waals surface area contributed by atoms with Gasteiger partial charge in [-0.2, -0.15) is 0 Å². The van der Waals surface area contributed by atoms with Crippen molar-refractivity contribution in [1.29, 1.82) is 0 Å². The van der Waals surface area contributed by atoms with Crippen molar-refractivity contribution in [3.63, 3.8) is 0 Å². The molecule has 2 saturated heterocycles. The lowest BCUT2D eigenvalue weighted by atomic mass is 9.98. The van der Waals surface area contributed by atoms with Crippen LogP contribution in [0.2, 0.25) is 0 Å². The Morgan fingerprint density at radius 1 is 0.470 bits per heavy atom. The van der Waals surface area contributed by atoms with E-state index in [1.54, 1.807) is 0 Å². The molecule has 7 N–H and O–H groups in total. The average Bonchev–Trinajstić information content (AvgIpc) is 3.31. The van der Waals surface area contributed by atoms with Gasteiger partial charge in [0.15, 0.2) is 18.7 Å². The molecule has 0 aromatic rings. The SMILES string of the molecule is CCCCCCCC/C=C/CCCCCCCCCCCC(=O)OC[C@@H](CO[C@@H]1O[C@H](CO[C@@H]2O[C@H](CO)[C@H](O)C(O)C2O)[C@H](O)C(O)C1O)OC(=O)CCCCCCCCCCCCC. The molecule has 15 nitrogen and oxygen atoms in total. The molecule has 15 heteroatoms. The van der Waals surface area contributed by atoms with Crippen molar-refractivity contribution < 1.29 is 73.8 Å². The van der Waals surface area contributed by atoms with Gasteiger partial charge in [-0.1, -0.05) is 167 Å². The molecular weight excluding hydrogens is 853 g/mol. The van der Waals surface area contributed by atoms with Gasteiger partial charge in [0, 0.05) is 12.8 Å². The fourth-order valence-corrected chi connectivity index (χ4v) is 8.39. The highest BCUT2D eigenvalue weighted by Crippen LogP contribution is 2.26. The summed E-state index contributed by atoms with van der Waals surface area (Å²) in [4.78, 5) is 25.7. The molecule has 0 radical (unpaired) electrons. The molecule has 66 heavy (non-hydrogen) atoms. The summed E-state index contributed by atoms with van der Waals surface area (Å²) >= 11 is 0. The van der Waals surface area contributed by atoms with Crippen LogP contribution in [0, 0.1) is 0 Å². The van der Waals surface area contributed by atoms with Gasteiger partial charge in [0.25, 0.3) is 0 Å². The molecular formula is C51H94O15. The fourth-order valence-electron chi connectivity index (χ4n) is 8.39. The number of esters is 2. The van der Waals surface area contributed by atoms with Crippen LogP contribution < -0.4 is 0 Å². The number of carbonyl (C=O) groups is 2. The van der Waals surface area contributed by atoms with Crippen LogP contribution in [0.25, 0.3) is 0 Å². The van der Waals surface area contributed by atoms with E-state index in [1.165, 1.54) is 128 Å². The summed E-state index contributed by atoms with van der Waals surface area (Å²) in [6.07, 6.45) is 21.0. The van der Waals surface area contributed by atoms with Crippen molar-refractivity contribution in [3.8, 4) is 0 Å². The normalized spacial score (nSPS) is 26.2. The molecule has 4 unspecified atom stereocenters. The first-order chi connectivity index (χ1) is 32.0. The highest BCUT2D eigenvalue weighted by Gasteiger charge is 2.47. The van der Waals surface area contributed by atoms with Gasteiger partial charge in [-0.3, -0.25) is 9.59 Å².